The third-order valence-electron chi connectivity index (χ3n) is 3.82. The number of aromatic nitrogens is 4. The topological polar surface area (TPSA) is 95.9 Å². The Kier molecular flexibility index (Phi) is 5.14. The molecule has 0 bridgehead atoms. The van der Waals surface area contributed by atoms with Crippen molar-refractivity contribution in [1.29, 1.82) is 0 Å². The van der Waals surface area contributed by atoms with Gasteiger partial charge in [0.05, 0.1) is 0 Å². The van der Waals surface area contributed by atoms with Crippen LogP contribution in [0.4, 0.5) is 0 Å². The number of carbonyl (C=O) groups is 1. The van der Waals surface area contributed by atoms with Crippen LogP contribution in [0.25, 0.3) is 11.2 Å². The fourth-order valence-corrected chi connectivity index (χ4v) is 2.72. The summed E-state index contributed by atoms with van der Waals surface area (Å²) in [6.45, 7) is 2.11. The molecule has 3 rings (SSSR count). The highest BCUT2D eigenvalue weighted by molar-refractivity contribution is 6.33. The van der Waals surface area contributed by atoms with E-state index < -0.39 is 5.91 Å². The Bertz CT molecular complexity index is 896. The molecule has 0 saturated heterocycles. The zero-order valence-corrected chi connectivity index (χ0v) is 14.5. The molecule has 2 N–H and O–H groups in total. The molecular formula is C17H18ClN5O2. The molecule has 2 aromatic heterocycles. The summed E-state index contributed by atoms with van der Waals surface area (Å²) >= 11 is 6.08. The largest absolute Gasteiger partial charge is 0.470 e. The van der Waals surface area contributed by atoms with Crippen molar-refractivity contribution >= 4 is 28.7 Å². The summed E-state index contributed by atoms with van der Waals surface area (Å²) in [6.07, 6.45) is 5.43. The second-order valence-electron chi connectivity index (χ2n) is 5.60. The zero-order valence-electron chi connectivity index (χ0n) is 13.7. The highest BCUT2D eigenvalue weighted by Gasteiger charge is 2.18. The van der Waals surface area contributed by atoms with Crippen molar-refractivity contribution < 1.29 is 9.53 Å². The lowest BCUT2D eigenvalue weighted by atomic mass is 10.2. The van der Waals surface area contributed by atoms with E-state index in [2.05, 4.69) is 21.9 Å². The average molecular weight is 360 g/mol. The molecular weight excluding hydrogens is 342 g/mol. The monoisotopic (exact) mass is 359 g/mol. The summed E-state index contributed by atoms with van der Waals surface area (Å²) in [5.41, 5.74) is 6.87. The first kappa shape index (κ1) is 17.2. The molecule has 1 unspecified atom stereocenters. The number of unbranched alkanes of at least 4 members (excludes halogenated alkanes) is 1. The molecule has 7 nitrogen and oxygen atoms in total. The van der Waals surface area contributed by atoms with Crippen LogP contribution in [-0.4, -0.2) is 25.4 Å². The quantitative estimate of drug-likeness (QED) is 0.652. The molecule has 0 spiro atoms. The van der Waals surface area contributed by atoms with Gasteiger partial charge in [-0.05, 0) is 24.6 Å². The number of rotatable bonds is 7. The Balaban J connectivity index is 1.95. The van der Waals surface area contributed by atoms with E-state index in [0.717, 1.165) is 19.3 Å². The number of nitrogens with two attached hydrogens (primary N) is 1. The van der Waals surface area contributed by atoms with Crippen molar-refractivity contribution in [1.82, 2.24) is 19.5 Å². The van der Waals surface area contributed by atoms with E-state index in [1.165, 1.54) is 6.33 Å². The van der Waals surface area contributed by atoms with Gasteiger partial charge >= 0.3 is 0 Å². The molecule has 0 aliphatic carbocycles. The first-order chi connectivity index (χ1) is 12.1. The van der Waals surface area contributed by atoms with Crippen molar-refractivity contribution in [2.75, 3.05) is 0 Å². The predicted molar refractivity (Wildman–Crippen MR) is 94.5 cm³/mol. The molecule has 0 aliphatic heterocycles. The van der Waals surface area contributed by atoms with E-state index in [1.807, 2.05) is 4.57 Å². The highest BCUT2D eigenvalue weighted by atomic mass is 35.5. The Labute approximate surface area is 149 Å². The Hall–Kier alpha value is -2.67. The lowest BCUT2D eigenvalue weighted by Gasteiger charge is -2.21. The molecule has 25 heavy (non-hydrogen) atoms. The van der Waals surface area contributed by atoms with Crippen LogP contribution in [0.3, 0.4) is 0 Å². The zero-order chi connectivity index (χ0) is 17.8. The molecule has 0 aliphatic rings. The summed E-state index contributed by atoms with van der Waals surface area (Å²) < 4.78 is 7.94. The van der Waals surface area contributed by atoms with Crippen LogP contribution in [0.1, 0.15) is 42.8 Å². The first-order valence-corrected chi connectivity index (χ1v) is 8.37. The maximum atomic E-state index is 11.4. The minimum Gasteiger partial charge on any atom is -0.470 e. The van der Waals surface area contributed by atoms with Gasteiger partial charge in [0.1, 0.15) is 23.9 Å². The number of hydrogen-bond donors (Lipinski definition) is 1. The smallest absolute Gasteiger partial charge is 0.248 e. The van der Waals surface area contributed by atoms with Crippen LogP contribution < -0.4 is 10.5 Å². The molecule has 0 fully saturated rings. The van der Waals surface area contributed by atoms with Crippen LogP contribution >= 0.6 is 11.6 Å². The molecule has 0 radical (unpaired) electrons. The maximum absolute atomic E-state index is 11.4. The van der Waals surface area contributed by atoms with Crippen molar-refractivity contribution in [2.24, 2.45) is 5.73 Å². The fourth-order valence-electron chi connectivity index (χ4n) is 2.55. The second kappa shape index (κ2) is 7.48. The number of amides is 1. The summed E-state index contributed by atoms with van der Waals surface area (Å²) in [5, 5.41) is 0.300. The van der Waals surface area contributed by atoms with Gasteiger partial charge in [0.15, 0.2) is 17.0 Å². The number of fused-ring (bicyclic) bond motifs is 1. The SMILES string of the molecule is CCCCC(Oc1cccc(C(N)=O)c1)n1cnc2c(Cl)ncnc21. The minimum absolute atomic E-state index is 0.300. The van der Waals surface area contributed by atoms with Gasteiger partial charge in [-0.2, -0.15) is 0 Å². The number of nitrogens with zero attached hydrogens (tertiary/aromatic N) is 4. The summed E-state index contributed by atoms with van der Waals surface area (Å²) in [6, 6.07) is 6.79. The maximum Gasteiger partial charge on any atom is 0.248 e. The predicted octanol–water partition coefficient (Wildman–Crippen LogP) is 3.35. The molecule has 0 saturated carbocycles. The van der Waals surface area contributed by atoms with Gasteiger partial charge in [0.2, 0.25) is 5.91 Å². The summed E-state index contributed by atoms with van der Waals surface area (Å²) in [4.78, 5) is 23.9. The number of halogens is 1. The molecule has 1 atom stereocenters. The van der Waals surface area contributed by atoms with Gasteiger partial charge in [0, 0.05) is 12.0 Å². The number of imidazole rings is 1. The van der Waals surface area contributed by atoms with Gasteiger partial charge < -0.3 is 10.5 Å². The highest BCUT2D eigenvalue weighted by Crippen LogP contribution is 2.27. The number of primary amides is 1. The molecule has 1 aromatic carbocycles. The summed E-state index contributed by atoms with van der Waals surface area (Å²) in [5.74, 6) is 0.0579. The minimum atomic E-state index is -0.497. The summed E-state index contributed by atoms with van der Waals surface area (Å²) in [7, 11) is 0. The van der Waals surface area contributed by atoms with Crippen molar-refractivity contribution in [2.45, 2.75) is 32.4 Å². The van der Waals surface area contributed by atoms with Crippen molar-refractivity contribution in [3.8, 4) is 5.75 Å². The molecule has 8 heteroatoms. The number of benzene rings is 1. The Morgan fingerprint density at radius 1 is 1.36 bits per heavy atom. The van der Waals surface area contributed by atoms with E-state index in [0.29, 0.717) is 27.6 Å². The average Bonchev–Trinajstić information content (AvgIpc) is 3.04. The van der Waals surface area contributed by atoms with Crippen LogP contribution in [0.5, 0.6) is 5.75 Å². The molecule has 2 heterocycles. The number of hydrogen-bond acceptors (Lipinski definition) is 5. The number of carbonyl (C=O) groups excluding carboxylic acids is 1. The van der Waals surface area contributed by atoms with Crippen LogP contribution in [0.2, 0.25) is 5.15 Å². The van der Waals surface area contributed by atoms with E-state index in [4.69, 9.17) is 22.1 Å². The standard InChI is InChI=1S/C17H18ClN5O2/c1-2-3-7-13(25-12-6-4-5-11(8-12)16(19)24)23-10-22-14-15(18)20-9-21-17(14)23/h4-6,8-10,13H,2-3,7H2,1H3,(H2,19,24). The van der Waals surface area contributed by atoms with Gasteiger partial charge in [-0.3, -0.25) is 9.36 Å². The van der Waals surface area contributed by atoms with E-state index in [9.17, 15) is 4.79 Å². The van der Waals surface area contributed by atoms with Crippen molar-refractivity contribution in [3.63, 3.8) is 0 Å². The van der Waals surface area contributed by atoms with Gasteiger partial charge in [-0.1, -0.05) is 31.0 Å². The van der Waals surface area contributed by atoms with E-state index in [1.54, 1.807) is 30.6 Å². The van der Waals surface area contributed by atoms with E-state index >= 15 is 0 Å². The molecule has 3 aromatic rings. The van der Waals surface area contributed by atoms with E-state index in [-0.39, 0.29) is 6.23 Å². The van der Waals surface area contributed by atoms with Crippen LogP contribution in [-0.2, 0) is 0 Å². The normalized spacial score (nSPS) is 12.2. The third-order valence-corrected chi connectivity index (χ3v) is 4.10. The lowest BCUT2D eigenvalue weighted by molar-refractivity contribution is 0.0996. The molecule has 1 amide bonds. The lowest BCUT2D eigenvalue weighted by Crippen LogP contribution is -2.16. The number of ether oxygens (including phenoxy) is 1. The van der Waals surface area contributed by atoms with Crippen LogP contribution in [0, 0.1) is 0 Å². The van der Waals surface area contributed by atoms with Gasteiger partial charge in [-0.15, -0.1) is 0 Å². The van der Waals surface area contributed by atoms with Gasteiger partial charge in [0.25, 0.3) is 0 Å². The van der Waals surface area contributed by atoms with Gasteiger partial charge in [-0.25, -0.2) is 15.0 Å². The van der Waals surface area contributed by atoms with Crippen molar-refractivity contribution in [3.05, 3.63) is 47.6 Å². The molecule has 130 valence electrons. The Morgan fingerprint density at radius 2 is 2.20 bits per heavy atom. The fraction of sp³-hybridized carbons (Fsp3) is 0.294. The first-order valence-electron chi connectivity index (χ1n) is 7.99. The second-order valence-corrected chi connectivity index (χ2v) is 5.95. The Morgan fingerprint density at radius 3 is 2.96 bits per heavy atom. The third kappa shape index (κ3) is 3.71. The van der Waals surface area contributed by atoms with Crippen LogP contribution in [0.15, 0.2) is 36.9 Å².